The van der Waals surface area contributed by atoms with E-state index in [1.165, 1.54) is 25.5 Å². The van der Waals surface area contributed by atoms with Gasteiger partial charge in [0.1, 0.15) is 5.82 Å². The van der Waals surface area contributed by atoms with Gasteiger partial charge in [0.2, 0.25) is 0 Å². The van der Waals surface area contributed by atoms with E-state index in [1.54, 1.807) is 12.1 Å². The van der Waals surface area contributed by atoms with Crippen LogP contribution in [-0.2, 0) is 0 Å². The van der Waals surface area contributed by atoms with E-state index in [0.717, 1.165) is 13.0 Å². The van der Waals surface area contributed by atoms with Crippen molar-refractivity contribution in [3.05, 3.63) is 29.0 Å². The van der Waals surface area contributed by atoms with E-state index in [2.05, 4.69) is 10.2 Å². The molecule has 2 nitrogen and oxygen atoms in total. The lowest BCUT2D eigenvalue weighted by Crippen LogP contribution is -2.34. The molecule has 92 valence electrons. The van der Waals surface area contributed by atoms with Crippen molar-refractivity contribution in [3.8, 4) is 0 Å². The number of para-hydroxylation sites is 1. The van der Waals surface area contributed by atoms with Gasteiger partial charge in [-0.1, -0.05) is 17.7 Å². The van der Waals surface area contributed by atoms with Crippen LogP contribution >= 0.6 is 11.6 Å². The van der Waals surface area contributed by atoms with E-state index in [4.69, 9.17) is 11.6 Å². The Balaban J connectivity index is 1.79. The molecular weight excluding hydrogens is 239 g/mol. The maximum atomic E-state index is 13.7. The molecule has 0 amide bonds. The van der Waals surface area contributed by atoms with Crippen molar-refractivity contribution >= 4 is 17.3 Å². The molecule has 0 saturated carbocycles. The second-order valence-electron chi connectivity index (χ2n) is 4.88. The topological polar surface area (TPSA) is 15.3 Å². The standard InChI is InChI=1S/C13H16ClFN2/c14-9-3-1-4-10(15)13(9)16-11-6-8-17-7-2-5-12(11)17/h1,3-4,11-12,16H,2,5-8H2. The molecule has 2 fully saturated rings. The number of fused-ring (bicyclic) bond motifs is 1. The third kappa shape index (κ3) is 2.02. The highest BCUT2D eigenvalue weighted by atomic mass is 35.5. The molecule has 0 bridgehead atoms. The fourth-order valence-corrected chi connectivity index (χ4v) is 3.29. The summed E-state index contributed by atoms with van der Waals surface area (Å²) in [4.78, 5) is 2.49. The first-order chi connectivity index (χ1) is 8.25. The molecule has 1 N–H and O–H groups in total. The van der Waals surface area contributed by atoms with Gasteiger partial charge in [-0.3, -0.25) is 4.90 Å². The number of nitrogens with one attached hydrogen (secondary N) is 1. The molecule has 0 aliphatic carbocycles. The van der Waals surface area contributed by atoms with Crippen molar-refractivity contribution < 1.29 is 4.39 Å². The molecule has 2 unspecified atom stereocenters. The van der Waals surface area contributed by atoms with Crippen LogP contribution in [0.15, 0.2) is 18.2 Å². The SMILES string of the molecule is Fc1cccc(Cl)c1NC1CCN2CCCC12. The van der Waals surface area contributed by atoms with Crippen LogP contribution in [0.3, 0.4) is 0 Å². The van der Waals surface area contributed by atoms with Gasteiger partial charge in [-0.2, -0.15) is 0 Å². The monoisotopic (exact) mass is 254 g/mol. The zero-order valence-corrected chi connectivity index (χ0v) is 10.4. The minimum atomic E-state index is -0.256. The molecule has 1 aromatic carbocycles. The van der Waals surface area contributed by atoms with Gasteiger partial charge in [-0.15, -0.1) is 0 Å². The average molecular weight is 255 g/mol. The molecule has 17 heavy (non-hydrogen) atoms. The van der Waals surface area contributed by atoms with Crippen LogP contribution in [0.4, 0.5) is 10.1 Å². The summed E-state index contributed by atoms with van der Waals surface area (Å²) >= 11 is 6.03. The molecule has 2 aliphatic heterocycles. The van der Waals surface area contributed by atoms with E-state index in [0.29, 0.717) is 22.8 Å². The van der Waals surface area contributed by atoms with E-state index < -0.39 is 0 Å². The number of anilines is 1. The van der Waals surface area contributed by atoms with Crippen LogP contribution < -0.4 is 5.32 Å². The van der Waals surface area contributed by atoms with Crippen LogP contribution in [-0.4, -0.2) is 30.1 Å². The highest BCUT2D eigenvalue weighted by molar-refractivity contribution is 6.33. The molecule has 4 heteroatoms. The molecule has 3 rings (SSSR count). The molecule has 2 aliphatic rings. The third-order valence-electron chi connectivity index (χ3n) is 3.90. The van der Waals surface area contributed by atoms with Gasteiger partial charge in [-0.25, -0.2) is 4.39 Å². The van der Waals surface area contributed by atoms with Gasteiger partial charge in [0.15, 0.2) is 0 Å². The summed E-state index contributed by atoms with van der Waals surface area (Å²) in [6.45, 7) is 2.31. The van der Waals surface area contributed by atoms with Gasteiger partial charge in [0.25, 0.3) is 0 Å². The predicted molar refractivity (Wildman–Crippen MR) is 68.0 cm³/mol. The Morgan fingerprint density at radius 2 is 2.18 bits per heavy atom. The van der Waals surface area contributed by atoms with Gasteiger partial charge >= 0.3 is 0 Å². The zero-order valence-electron chi connectivity index (χ0n) is 9.63. The van der Waals surface area contributed by atoms with E-state index in [-0.39, 0.29) is 5.82 Å². The summed E-state index contributed by atoms with van der Waals surface area (Å²) < 4.78 is 13.7. The van der Waals surface area contributed by atoms with Gasteiger partial charge in [0.05, 0.1) is 10.7 Å². The van der Waals surface area contributed by atoms with Crippen LogP contribution in [0.5, 0.6) is 0 Å². The normalized spacial score (nSPS) is 28.4. The first-order valence-corrected chi connectivity index (χ1v) is 6.58. The van der Waals surface area contributed by atoms with Crippen molar-refractivity contribution in [2.45, 2.75) is 31.3 Å². The lowest BCUT2D eigenvalue weighted by atomic mass is 10.1. The summed E-state index contributed by atoms with van der Waals surface area (Å²) in [6.07, 6.45) is 3.55. The van der Waals surface area contributed by atoms with Crippen LogP contribution in [0, 0.1) is 5.82 Å². The first-order valence-electron chi connectivity index (χ1n) is 6.20. The predicted octanol–water partition coefficient (Wildman–Crippen LogP) is 3.13. The van der Waals surface area contributed by atoms with Crippen molar-refractivity contribution in [3.63, 3.8) is 0 Å². The summed E-state index contributed by atoms with van der Waals surface area (Å²) in [5.74, 6) is -0.256. The molecule has 2 saturated heterocycles. The van der Waals surface area contributed by atoms with Crippen molar-refractivity contribution in [2.24, 2.45) is 0 Å². The smallest absolute Gasteiger partial charge is 0.147 e. The Labute approximate surface area is 106 Å². The maximum absolute atomic E-state index is 13.7. The van der Waals surface area contributed by atoms with Crippen LogP contribution in [0.25, 0.3) is 0 Å². The Bertz CT molecular complexity index is 404. The number of rotatable bonds is 2. The molecule has 0 radical (unpaired) electrons. The van der Waals surface area contributed by atoms with Crippen LogP contribution in [0.1, 0.15) is 19.3 Å². The molecule has 2 heterocycles. The number of hydrogen-bond acceptors (Lipinski definition) is 2. The molecule has 1 aromatic rings. The number of hydrogen-bond donors (Lipinski definition) is 1. The van der Waals surface area contributed by atoms with Crippen LogP contribution in [0.2, 0.25) is 5.02 Å². The second-order valence-corrected chi connectivity index (χ2v) is 5.29. The first kappa shape index (κ1) is 11.3. The van der Waals surface area contributed by atoms with Crippen molar-refractivity contribution in [2.75, 3.05) is 18.4 Å². The Morgan fingerprint density at radius 3 is 3.00 bits per heavy atom. The molecule has 2 atom stereocenters. The number of nitrogens with zero attached hydrogens (tertiary/aromatic N) is 1. The summed E-state index contributed by atoms with van der Waals surface area (Å²) in [6, 6.07) is 5.72. The fourth-order valence-electron chi connectivity index (χ4n) is 3.07. The summed E-state index contributed by atoms with van der Waals surface area (Å²) in [5.41, 5.74) is 0.466. The summed E-state index contributed by atoms with van der Waals surface area (Å²) in [5, 5.41) is 3.77. The molecule has 0 spiro atoms. The van der Waals surface area contributed by atoms with E-state index in [1.807, 2.05) is 0 Å². The largest absolute Gasteiger partial charge is 0.377 e. The lowest BCUT2D eigenvalue weighted by molar-refractivity contribution is 0.318. The van der Waals surface area contributed by atoms with Gasteiger partial charge in [0, 0.05) is 18.6 Å². The van der Waals surface area contributed by atoms with E-state index >= 15 is 0 Å². The van der Waals surface area contributed by atoms with Crippen molar-refractivity contribution in [1.82, 2.24) is 4.90 Å². The maximum Gasteiger partial charge on any atom is 0.147 e. The zero-order chi connectivity index (χ0) is 11.8. The number of halogens is 2. The lowest BCUT2D eigenvalue weighted by Gasteiger charge is -2.23. The second kappa shape index (κ2) is 4.46. The average Bonchev–Trinajstić information content (AvgIpc) is 2.87. The Morgan fingerprint density at radius 1 is 1.29 bits per heavy atom. The Kier molecular flexibility index (Phi) is 2.97. The minimum absolute atomic E-state index is 0.256. The van der Waals surface area contributed by atoms with Gasteiger partial charge < -0.3 is 5.32 Å². The highest BCUT2D eigenvalue weighted by Crippen LogP contribution is 2.33. The van der Waals surface area contributed by atoms with E-state index in [9.17, 15) is 4.39 Å². The quantitative estimate of drug-likeness (QED) is 0.872. The molecule has 0 aromatic heterocycles. The number of benzene rings is 1. The molecular formula is C13H16ClFN2. The van der Waals surface area contributed by atoms with Crippen molar-refractivity contribution in [1.29, 1.82) is 0 Å². The Hall–Kier alpha value is -0.800. The minimum Gasteiger partial charge on any atom is -0.377 e. The summed E-state index contributed by atoms with van der Waals surface area (Å²) in [7, 11) is 0. The fraction of sp³-hybridized carbons (Fsp3) is 0.538. The highest BCUT2D eigenvalue weighted by Gasteiger charge is 2.37. The van der Waals surface area contributed by atoms with Gasteiger partial charge in [-0.05, 0) is 37.9 Å². The third-order valence-corrected chi connectivity index (χ3v) is 4.21.